The van der Waals surface area contributed by atoms with Crippen molar-refractivity contribution >= 4 is 21.8 Å². The molecule has 0 aromatic carbocycles. The summed E-state index contributed by atoms with van der Waals surface area (Å²) in [7, 11) is 2.04. The molecule has 1 saturated heterocycles. The van der Waals surface area contributed by atoms with Crippen LogP contribution in [0.3, 0.4) is 0 Å². The van der Waals surface area contributed by atoms with Gasteiger partial charge in [-0.05, 0) is 55.8 Å². The molecule has 1 fully saturated rings. The molecule has 2 heterocycles. The molecule has 1 N–H and O–H groups in total. The Morgan fingerprint density at radius 2 is 2.00 bits per heavy atom. The number of hydrogen-bond acceptors (Lipinski definition) is 3. The second-order valence-electron chi connectivity index (χ2n) is 5.86. The molecular weight excluding hydrogens is 377 g/mol. The average Bonchev–Trinajstić information content (AvgIpc) is 2.75. The molecule has 5 nitrogen and oxygen atoms in total. The number of halogens is 4. The summed E-state index contributed by atoms with van der Waals surface area (Å²) in [5.41, 5.74) is -0.588. The second kappa shape index (κ2) is 7.21. The Morgan fingerprint density at radius 3 is 2.52 bits per heavy atom. The first-order valence-electron chi connectivity index (χ1n) is 7.46. The van der Waals surface area contributed by atoms with Gasteiger partial charge in [0.1, 0.15) is 0 Å². The summed E-state index contributed by atoms with van der Waals surface area (Å²) >= 11 is 2.92. The van der Waals surface area contributed by atoms with E-state index < -0.39 is 11.9 Å². The first-order chi connectivity index (χ1) is 10.7. The molecule has 1 aromatic rings. The van der Waals surface area contributed by atoms with Gasteiger partial charge in [-0.25, -0.2) is 0 Å². The molecule has 0 spiro atoms. The molecule has 130 valence electrons. The van der Waals surface area contributed by atoms with Gasteiger partial charge in [-0.3, -0.25) is 9.48 Å². The fourth-order valence-corrected chi connectivity index (χ4v) is 3.09. The van der Waals surface area contributed by atoms with Crippen molar-refractivity contribution in [3.8, 4) is 0 Å². The lowest BCUT2D eigenvalue weighted by atomic mass is 10.1. The molecule has 23 heavy (non-hydrogen) atoms. The monoisotopic (exact) mass is 396 g/mol. The van der Waals surface area contributed by atoms with E-state index in [9.17, 15) is 18.0 Å². The van der Waals surface area contributed by atoms with E-state index in [1.165, 1.54) is 4.68 Å². The van der Waals surface area contributed by atoms with Crippen LogP contribution >= 0.6 is 15.9 Å². The zero-order chi connectivity index (χ0) is 17.2. The van der Waals surface area contributed by atoms with Crippen molar-refractivity contribution in [2.75, 3.05) is 20.1 Å². The third-order valence-electron chi connectivity index (χ3n) is 4.04. The van der Waals surface area contributed by atoms with Gasteiger partial charge in [0.05, 0.1) is 16.7 Å². The zero-order valence-corrected chi connectivity index (χ0v) is 14.7. The third kappa shape index (κ3) is 4.69. The Bertz CT molecular complexity index is 565. The van der Waals surface area contributed by atoms with Crippen LogP contribution in [0.1, 0.15) is 30.7 Å². The van der Waals surface area contributed by atoms with Gasteiger partial charge in [0.15, 0.2) is 5.69 Å². The van der Waals surface area contributed by atoms with Crippen LogP contribution in [-0.4, -0.2) is 46.8 Å². The number of nitrogens with one attached hydrogen (secondary N) is 1. The number of carbonyl (C=O) groups excluding carboxylic acids is 1. The predicted molar refractivity (Wildman–Crippen MR) is 82.9 cm³/mol. The fourth-order valence-electron chi connectivity index (χ4n) is 2.58. The average molecular weight is 397 g/mol. The van der Waals surface area contributed by atoms with Crippen LogP contribution in [0.2, 0.25) is 0 Å². The van der Waals surface area contributed by atoms with Gasteiger partial charge >= 0.3 is 6.18 Å². The van der Waals surface area contributed by atoms with Crippen LogP contribution in [0.4, 0.5) is 13.2 Å². The summed E-state index contributed by atoms with van der Waals surface area (Å²) in [5, 5.41) is 6.51. The minimum Gasteiger partial charge on any atom is -0.353 e. The summed E-state index contributed by atoms with van der Waals surface area (Å²) in [5.74, 6) is -0.154. The Hall–Kier alpha value is -1.09. The molecule has 2 rings (SSSR count). The summed E-state index contributed by atoms with van der Waals surface area (Å²) in [6.07, 6.45) is -2.61. The molecule has 0 radical (unpaired) electrons. The Balaban J connectivity index is 1.89. The summed E-state index contributed by atoms with van der Waals surface area (Å²) in [6.45, 7) is 3.54. The summed E-state index contributed by atoms with van der Waals surface area (Å²) in [6, 6.07) is 0.148. The van der Waals surface area contributed by atoms with E-state index in [4.69, 9.17) is 0 Å². The van der Waals surface area contributed by atoms with Crippen LogP contribution in [0.25, 0.3) is 0 Å². The molecule has 0 aliphatic carbocycles. The number of amides is 1. The predicted octanol–water partition coefficient (Wildman–Crippen LogP) is 2.57. The van der Waals surface area contributed by atoms with Crippen LogP contribution in [0, 0.1) is 6.92 Å². The molecule has 1 aliphatic heterocycles. The maximum atomic E-state index is 12.8. The number of piperidine rings is 1. The molecule has 0 unspecified atom stereocenters. The summed E-state index contributed by atoms with van der Waals surface area (Å²) < 4.78 is 39.5. The molecule has 0 bridgehead atoms. The van der Waals surface area contributed by atoms with Crippen molar-refractivity contribution < 1.29 is 18.0 Å². The number of hydrogen-bond donors (Lipinski definition) is 1. The molecule has 0 saturated carbocycles. The van der Waals surface area contributed by atoms with E-state index in [2.05, 4.69) is 31.2 Å². The van der Waals surface area contributed by atoms with Crippen molar-refractivity contribution in [3.05, 3.63) is 15.9 Å². The normalized spacial score (nSPS) is 17.5. The van der Waals surface area contributed by atoms with Crippen LogP contribution in [0.5, 0.6) is 0 Å². The van der Waals surface area contributed by atoms with Crippen LogP contribution < -0.4 is 5.32 Å². The van der Waals surface area contributed by atoms with Crippen molar-refractivity contribution in [3.63, 3.8) is 0 Å². The molecule has 0 atom stereocenters. The van der Waals surface area contributed by atoms with Crippen LogP contribution in [-0.2, 0) is 17.5 Å². The number of rotatable bonds is 4. The molecule has 9 heteroatoms. The van der Waals surface area contributed by atoms with Gasteiger partial charge in [0.25, 0.3) is 0 Å². The lowest BCUT2D eigenvalue weighted by Crippen LogP contribution is -2.43. The van der Waals surface area contributed by atoms with E-state index in [-0.39, 0.29) is 29.4 Å². The smallest absolute Gasteiger partial charge is 0.353 e. The van der Waals surface area contributed by atoms with Gasteiger partial charge < -0.3 is 10.2 Å². The van der Waals surface area contributed by atoms with E-state index in [1.54, 1.807) is 6.92 Å². The minimum atomic E-state index is -4.51. The zero-order valence-electron chi connectivity index (χ0n) is 13.1. The number of carbonyl (C=O) groups is 1. The highest BCUT2D eigenvalue weighted by molar-refractivity contribution is 9.10. The highest BCUT2D eigenvalue weighted by atomic mass is 79.9. The van der Waals surface area contributed by atoms with E-state index in [0.29, 0.717) is 5.69 Å². The van der Waals surface area contributed by atoms with Gasteiger partial charge in [-0.2, -0.15) is 18.3 Å². The van der Waals surface area contributed by atoms with Crippen molar-refractivity contribution in [2.45, 2.75) is 44.9 Å². The Labute approximate surface area is 141 Å². The Morgan fingerprint density at radius 1 is 1.39 bits per heavy atom. The number of likely N-dealkylation sites (tertiary alicyclic amines) is 1. The highest BCUT2D eigenvalue weighted by Gasteiger charge is 2.37. The van der Waals surface area contributed by atoms with Gasteiger partial charge in [-0.15, -0.1) is 0 Å². The van der Waals surface area contributed by atoms with Crippen molar-refractivity contribution in [1.29, 1.82) is 0 Å². The lowest BCUT2D eigenvalue weighted by Gasteiger charge is -2.29. The van der Waals surface area contributed by atoms with Gasteiger partial charge in [0.2, 0.25) is 5.91 Å². The van der Waals surface area contributed by atoms with Gasteiger partial charge in [-0.1, -0.05) is 0 Å². The quantitative estimate of drug-likeness (QED) is 0.850. The van der Waals surface area contributed by atoms with Crippen molar-refractivity contribution in [2.24, 2.45) is 0 Å². The number of aryl methyl sites for hydroxylation is 1. The van der Waals surface area contributed by atoms with Crippen LogP contribution in [0.15, 0.2) is 4.47 Å². The summed E-state index contributed by atoms with van der Waals surface area (Å²) in [4.78, 5) is 14.2. The molecule has 1 aromatic heterocycles. The number of nitrogens with zero attached hydrogens (tertiary/aromatic N) is 3. The second-order valence-corrected chi connectivity index (χ2v) is 6.66. The number of aromatic nitrogens is 2. The first kappa shape index (κ1) is 18.3. The molecule has 1 aliphatic rings. The van der Waals surface area contributed by atoms with Gasteiger partial charge in [0, 0.05) is 12.5 Å². The van der Waals surface area contributed by atoms with E-state index in [1.807, 2.05) is 7.05 Å². The highest BCUT2D eigenvalue weighted by Crippen LogP contribution is 2.35. The third-order valence-corrected chi connectivity index (χ3v) is 4.99. The first-order valence-corrected chi connectivity index (χ1v) is 8.25. The number of alkyl halides is 3. The topological polar surface area (TPSA) is 50.2 Å². The van der Waals surface area contributed by atoms with Crippen molar-refractivity contribution in [1.82, 2.24) is 20.0 Å². The lowest BCUT2D eigenvalue weighted by molar-refractivity contribution is -0.142. The maximum absolute atomic E-state index is 12.8. The van der Waals surface area contributed by atoms with E-state index >= 15 is 0 Å². The fraction of sp³-hybridized carbons (Fsp3) is 0.714. The molecular formula is C14H20BrF3N4O. The maximum Gasteiger partial charge on any atom is 0.436 e. The SMILES string of the molecule is Cc1c(Br)c(C(F)(F)F)nn1CCC(=O)NC1CCN(C)CC1. The minimum absolute atomic E-state index is 0.0688. The Kier molecular flexibility index (Phi) is 5.72. The van der Waals surface area contributed by atoms with E-state index in [0.717, 1.165) is 25.9 Å². The molecule has 1 amide bonds. The largest absolute Gasteiger partial charge is 0.436 e. The standard InChI is InChI=1S/C14H20BrF3N4O/c1-9-12(15)13(14(16,17)18)20-22(9)8-5-11(23)19-10-3-6-21(2)7-4-10/h10H,3-8H2,1-2H3,(H,19,23).